The Balaban J connectivity index is 2.03. The Morgan fingerprint density at radius 3 is 2.45 bits per heavy atom. The molecule has 2 amide bonds. The standard InChI is InChI=1S/C16H22N2O4/c1-11-6-8-18(9-7-11)16(20)15(19)17-13-5-4-12(21-2)10-14(13)22-3/h4-5,10-11H,6-9H2,1-3H3,(H,17,19). The van der Waals surface area contributed by atoms with E-state index in [2.05, 4.69) is 12.2 Å². The van der Waals surface area contributed by atoms with Gasteiger partial charge >= 0.3 is 11.8 Å². The zero-order valence-corrected chi connectivity index (χ0v) is 13.2. The molecule has 0 saturated carbocycles. The summed E-state index contributed by atoms with van der Waals surface area (Å²) in [5, 5.41) is 2.61. The van der Waals surface area contributed by atoms with E-state index in [1.165, 1.54) is 7.11 Å². The third kappa shape index (κ3) is 3.69. The Morgan fingerprint density at radius 2 is 1.86 bits per heavy atom. The molecular formula is C16H22N2O4. The highest BCUT2D eigenvalue weighted by molar-refractivity contribution is 6.39. The average Bonchev–Trinajstić information content (AvgIpc) is 2.55. The average molecular weight is 306 g/mol. The second-order valence-electron chi connectivity index (χ2n) is 5.50. The molecule has 1 saturated heterocycles. The summed E-state index contributed by atoms with van der Waals surface area (Å²) in [6.07, 6.45) is 1.87. The van der Waals surface area contributed by atoms with E-state index in [0.29, 0.717) is 36.2 Å². The highest BCUT2D eigenvalue weighted by Crippen LogP contribution is 2.29. The SMILES string of the molecule is COc1ccc(NC(=O)C(=O)N2CCC(C)CC2)c(OC)c1. The minimum Gasteiger partial charge on any atom is -0.497 e. The van der Waals surface area contributed by atoms with Crippen LogP contribution in [0.3, 0.4) is 0 Å². The third-order valence-corrected chi connectivity index (χ3v) is 3.92. The smallest absolute Gasteiger partial charge is 0.314 e. The Morgan fingerprint density at radius 1 is 1.18 bits per heavy atom. The Hall–Kier alpha value is -2.24. The Labute approximate surface area is 130 Å². The minimum atomic E-state index is -0.641. The fraction of sp³-hybridized carbons (Fsp3) is 0.500. The predicted molar refractivity (Wildman–Crippen MR) is 83.2 cm³/mol. The minimum absolute atomic E-state index is 0.451. The van der Waals surface area contributed by atoms with Crippen molar-refractivity contribution in [3.63, 3.8) is 0 Å². The lowest BCUT2D eigenvalue weighted by Gasteiger charge is -2.29. The number of nitrogens with one attached hydrogen (secondary N) is 1. The van der Waals surface area contributed by atoms with Crippen LogP contribution in [0.15, 0.2) is 18.2 Å². The van der Waals surface area contributed by atoms with Crippen molar-refractivity contribution in [3.8, 4) is 11.5 Å². The number of hydrogen-bond acceptors (Lipinski definition) is 4. The van der Waals surface area contributed by atoms with Crippen LogP contribution in [0.5, 0.6) is 11.5 Å². The molecule has 1 aliphatic heterocycles. The van der Waals surface area contributed by atoms with Crippen molar-refractivity contribution in [3.05, 3.63) is 18.2 Å². The monoisotopic (exact) mass is 306 g/mol. The van der Waals surface area contributed by atoms with Gasteiger partial charge in [0.1, 0.15) is 11.5 Å². The highest BCUT2D eigenvalue weighted by atomic mass is 16.5. The van der Waals surface area contributed by atoms with Gasteiger partial charge in [-0.15, -0.1) is 0 Å². The van der Waals surface area contributed by atoms with Gasteiger partial charge < -0.3 is 19.7 Å². The van der Waals surface area contributed by atoms with Gasteiger partial charge in [-0.1, -0.05) is 6.92 Å². The Bertz CT molecular complexity index is 551. The molecule has 6 heteroatoms. The molecule has 0 aromatic heterocycles. The molecular weight excluding hydrogens is 284 g/mol. The molecule has 0 bridgehead atoms. The van der Waals surface area contributed by atoms with Crippen LogP contribution in [-0.2, 0) is 9.59 Å². The zero-order chi connectivity index (χ0) is 16.1. The molecule has 6 nitrogen and oxygen atoms in total. The van der Waals surface area contributed by atoms with Gasteiger partial charge in [-0.25, -0.2) is 0 Å². The van der Waals surface area contributed by atoms with Crippen molar-refractivity contribution in [1.29, 1.82) is 0 Å². The van der Waals surface area contributed by atoms with Crippen molar-refractivity contribution in [2.75, 3.05) is 32.6 Å². The fourth-order valence-corrected chi connectivity index (χ4v) is 2.43. The first-order valence-corrected chi connectivity index (χ1v) is 7.37. The van der Waals surface area contributed by atoms with Gasteiger partial charge in [0.05, 0.1) is 19.9 Å². The summed E-state index contributed by atoms with van der Waals surface area (Å²) in [6.45, 7) is 3.42. The van der Waals surface area contributed by atoms with Crippen LogP contribution in [0.2, 0.25) is 0 Å². The van der Waals surface area contributed by atoms with Crippen LogP contribution in [0, 0.1) is 5.92 Å². The van der Waals surface area contributed by atoms with Gasteiger partial charge in [-0.05, 0) is 30.9 Å². The van der Waals surface area contributed by atoms with Crippen LogP contribution in [0.1, 0.15) is 19.8 Å². The van der Waals surface area contributed by atoms with Crippen LogP contribution in [-0.4, -0.2) is 44.0 Å². The van der Waals surface area contributed by atoms with E-state index >= 15 is 0 Å². The lowest BCUT2D eigenvalue weighted by Crippen LogP contribution is -2.43. The van der Waals surface area contributed by atoms with Crippen molar-refractivity contribution >= 4 is 17.5 Å². The third-order valence-electron chi connectivity index (χ3n) is 3.92. The second kappa shape index (κ2) is 7.15. The number of nitrogens with zero attached hydrogens (tertiary/aromatic N) is 1. The molecule has 0 atom stereocenters. The first kappa shape index (κ1) is 16.1. The number of hydrogen-bond donors (Lipinski definition) is 1. The number of benzene rings is 1. The number of piperidine rings is 1. The number of rotatable bonds is 3. The molecule has 1 heterocycles. The summed E-state index contributed by atoms with van der Waals surface area (Å²) in [5.41, 5.74) is 0.451. The topological polar surface area (TPSA) is 67.9 Å². The number of ether oxygens (including phenoxy) is 2. The van der Waals surface area contributed by atoms with Crippen molar-refractivity contribution < 1.29 is 19.1 Å². The summed E-state index contributed by atoms with van der Waals surface area (Å²) in [4.78, 5) is 25.9. The lowest BCUT2D eigenvalue weighted by molar-refractivity contribution is -0.144. The van der Waals surface area contributed by atoms with E-state index in [1.807, 2.05) is 0 Å². The van der Waals surface area contributed by atoms with Crippen molar-refractivity contribution in [2.45, 2.75) is 19.8 Å². The van der Waals surface area contributed by atoms with Gasteiger partial charge in [0.15, 0.2) is 0 Å². The van der Waals surface area contributed by atoms with Gasteiger partial charge in [-0.3, -0.25) is 9.59 Å². The van der Waals surface area contributed by atoms with Gasteiger partial charge in [0.25, 0.3) is 0 Å². The zero-order valence-electron chi connectivity index (χ0n) is 13.2. The summed E-state index contributed by atoms with van der Waals surface area (Å²) >= 11 is 0. The van der Waals surface area contributed by atoms with E-state index in [-0.39, 0.29) is 0 Å². The maximum absolute atomic E-state index is 12.2. The van der Waals surface area contributed by atoms with E-state index in [9.17, 15) is 9.59 Å². The lowest BCUT2D eigenvalue weighted by atomic mass is 9.99. The summed E-state index contributed by atoms with van der Waals surface area (Å²) in [5.74, 6) is 0.538. The number of methoxy groups -OCH3 is 2. The molecule has 2 rings (SSSR count). The van der Waals surface area contributed by atoms with Gasteiger partial charge in [0.2, 0.25) is 0 Å². The normalized spacial score (nSPS) is 15.3. The number of likely N-dealkylation sites (tertiary alicyclic amines) is 1. The largest absolute Gasteiger partial charge is 0.497 e. The molecule has 0 radical (unpaired) electrons. The molecule has 1 N–H and O–H groups in total. The maximum Gasteiger partial charge on any atom is 0.314 e. The first-order chi connectivity index (χ1) is 10.5. The molecule has 0 spiro atoms. The summed E-state index contributed by atoms with van der Waals surface area (Å²) in [6, 6.07) is 5.01. The molecule has 0 aliphatic carbocycles. The molecule has 1 aromatic rings. The number of carbonyl (C=O) groups excluding carboxylic acids is 2. The van der Waals surface area contributed by atoms with Gasteiger partial charge in [-0.2, -0.15) is 0 Å². The highest BCUT2D eigenvalue weighted by Gasteiger charge is 2.26. The van der Waals surface area contributed by atoms with Crippen LogP contribution in [0.25, 0.3) is 0 Å². The van der Waals surface area contributed by atoms with Crippen LogP contribution in [0.4, 0.5) is 5.69 Å². The molecule has 1 aliphatic rings. The first-order valence-electron chi connectivity index (χ1n) is 7.37. The molecule has 0 unspecified atom stereocenters. The van der Waals surface area contributed by atoms with Crippen molar-refractivity contribution in [1.82, 2.24) is 4.90 Å². The van der Waals surface area contributed by atoms with E-state index in [0.717, 1.165) is 12.8 Å². The summed E-state index contributed by atoms with van der Waals surface area (Å²) in [7, 11) is 3.05. The number of anilines is 1. The second-order valence-corrected chi connectivity index (χ2v) is 5.50. The van der Waals surface area contributed by atoms with Crippen LogP contribution < -0.4 is 14.8 Å². The van der Waals surface area contributed by atoms with Gasteiger partial charge in [0, 0.05) is 19.2 Å². The predicted octanol–water partition coefficient (Wildman–Crippen LogP) is 1.90. The van der Waals surface area contributed by atoms with E-state index < -0.39 is 11.8 Å². The summed E-state index contributed by atoms with van der Waals surface area (Å²) < 4.78 is 10.3. The van der Waals surface area contributed by atoms with E-state index in [4.69, 9.17) is 9.47 Å². The van der Waals surface area contributed by atoms with E-state index in [1.54, 1.807) is 30.2 Å². The Kier molecular flexibility index (Phi) is 5.25. The number of amides is 2. The molecule has 120 valence electrons. The quantitative estimate of drug-likeness (QED) is 0.866. The van der Waals surface area contributed by atoms with Crippen LogP contribution >= 0.6 is 0 Å². The molecule has 1 fully saturated rings. The molecule has 22 heavy (non-hydrogen) atoms. The van der Waals surface area contributed by atoms with Crippen molar-refractivity contribution in [2.24, 2.45) is 5.92 Å². The number of carbonyl (C=O) groups is 2. The fourth-order valence-electron chi connectivity index (χ4n) is 2.43. The molecule has 1 aromatic carbocycles. The maximum atomic E-state index is 12.2.